The summed E-state index contributed by atoms with van der Waals surface area (Å²) in [7, 11) is 1.87. The van der Waals surface area contributed by atoms with Crippen molar-refractivity contribution in [2.24, 2.45) is 12.8 Å². The maximum absolute atomic E-state index is 6.31. The van der Waals surface area contributed by atoms with E-state index in [1.54, 1.807) is 17.2 Å². The van der Waals surface area contributed by atoms with E-state index in [1.807, 2.05) is 37.4 Å². The van der Waals surface area contributed by atoms with Crippen molar-refractivity contribution in [1.82, 2.24) is 19.7 Å². The van der Waals surface area contributed by atoms with E-state index in [2.05, 4.69) is 15.1 Å². The van der Waals surface area contributed by atoms with Crippen molar-refractivity contribution >= 4 is 10.9 Å². The highest BCUT2D eigenvalue weighted by Crippen LogP contribution is 2.23. The molecule has 0 aliphatic carbocycles. The third-order valence-electron chi connectivity index (χ3n) is 3.29. The average molecular weight is 253 g/mol. The van der Waals surface area contributed by atoms with Crippen LogP contribution in [0.3, 0.4) is 0 Å². The number of pyridine rings is 1. The second kappa shape index (κ2) is 4.78. The number of fused-ring (bicyclic) bond motifs is 1. The Morgan fingerprint density at radius 1 is 1.21 bits per heavy atom. The Labute approximate surface area is 111 Å². The second-order valence-corrected chi connectivity index (χ2v) is 4.53. The first-order valence-corrected chi connectivity index (χ1v) is 6.18. The van der Waals surface area contributed by atoms with Crippen LogP contribution in [0, 0.1) is 0 Å². The molecule has 3 aromatic rings. The SMILES string of the molecule is Cn1ncnc1CC(N)c1cccc2ncccc12. The quantitative estimate of drug-likeness (QED) is 0.769. The van der Waals surface area contributed by atoms with Crippen LogP contribution in [0.25, 0.3) is 10.9 Å². The van der Waals surface area contributed by atoms with Gasteiger partial charge in [-0.25, -0.2) is 4.98 Å². The highest BCUT2D eigenvalue weighted by atomic mass is 15.3. The first-order valence-electron chi connectivity index (χ1n) is 6.18. The smallest absolute Gasteiger partial charge is 0.138 e. The van der Waals surface area contributed by atoms with Gasteiger partial charge in [0.2, 0.25) is 0 Å². The van der Waals surface area contributed by atoms with Gasteiger partial charge in [-0.1, -0.05) is 18.2 Å². The lowest BCUT2D eigenvalue weighted by Gasteiger charge is -2.13. The van der Waals surface area contributed by atoms with Crippen molar-refractivity contribution in [3.63, 3.8) is 0 Å². The summed E-state index contributed by atoms with van der Waals surface area (Å²) < 4.78 is 1.75. The topological polar surface area (TPSA) is 69.6 Å². The number of rotatable bonds is 3. The zero-order chi connectivity index (χ0) is 13.2. The molecule has 3 rings (SSSR count). The molecule has 2 N–H and O–H groups in total. The summed E-state index contributed by atoms with van der Waals surface area (Å²) in [6.07, 6.45) is 4.00. The van der Waals surface area contributed by atoms with Gasteiger partial charge in [-0.05, 0) is 17.7 Å². The van der Waals surface area contributed by atoms with Gasteiger partial charge in [0.1, 0.15) is 12.2 Å². The molecule has 19 heavy (non-hydrogen) atoms. The summed E-state index contributed by atoms with van der Waals surface area (Å²) in [4.78, 5) is 8.57. The fraction of sp³-hybridized carbons (Fsp3) is 0.214. The zero-order valence-electron chi connectivity index (χ0n) is 10.7. The molecule has 2 aromatic heterocycles. The van der Waals surface area contributed by atoms with E-state index in [-0.39, 0.29) is 6.04 Å². The summed E-state index contributed by atoms with van der Waals surface area (Å²) in [5.74, 6) is 0.883. The number of nitrogens with two attached hydrogens (primary N) is 1. The van der Waals surface area contributed by atoms with Gasteiger partial charge in [-0.3, -0.25) is 9.67 Å². The van der Waals surface area contributed by atoms with Crippen LogP contribution >= 0.6 is 0 Å². The van der Waals surface area contributed by atoms with Crippen molar-refractivity contribution in [3.05, 3.63) is 54.2 Å². The van der Waals surface area contributed by atoms with Gasteiger partial charge < -0.3 is 5.73 Å². The Kier molecular flexibility index (Phi) is 2.97. The monoisotopic (exact) mass is 253 g/mol. The summed E-state index contributed by atoms with van der Waals surface area (Å²) in [5.41, 5.74) is 8.37. The molecule has 1 atom stereocenters. The van der Waals surface area contributed by atoms with Crippen molar-refractivity contribution in [2.45, 2.75) is 12.5 Å². The van der Waals surface area contributed by atoms with Crippen LogP contribution < -0.4 is 5.73 Å². The molecule has 0 aliphatic heterocycles. The lowest BCUT2D eigenvalue weighted by atomic mass is 9.99. The number of benzene rings is 1. The van der Waals surface area contributed by atoms with Gasteiger partial charge in [-0.2, -0.15) is 5.10 Å². The van der Waals surface area contributed by atoms with Gasteiger partial charge in [-0.15, -0.1) is 0 Å². The lowest BCUT2D eigenvalue weighted by molar-refractivity contribution is 0.632. The van der Waals surface area contributed by atoms with Crippen LogP contribution in [-0.2, 0) is 13.5 Å². The number of nitrogens with zero attached hydrogens (tertiary/aromatic N) is 4. The first kappa shape index (κ1) is 11.8. The van der Waals surface area contributed by atoms with Crippen LogP contribution in [0.1, 0.15) is 17.4 Å². The Morgan fingerprint density at radius 2 is 2.11 bits per heavy atom. The molecule has 2 heterocycles. The molecule has 0 radical (unpaired) electrons. The second-order valence-electron chi connectivity index (χ2n) is 4.53. The van der Waals surface area contributed by atoms with Gasteiger partial charge in [0.15, 0.2) is 0 Å². The summed E-state index contributed by atoms with van der Waals surface area (Å²) in [6, 6.07) is 9.89. The molecule has 0 bridgehead atoms. The molecule has 96 valence electrons. The van der Waals surface area contributed by atoms with Gasteiger partial charge in [0.05, 0.1) is 5.52 Å². The molecular formula is C14H15N5. The maximum Gasteiger partial charge on any atom is 0.138 e. The van der Waals surface area contributed by atoms with E-state index >= 15 is 0 Å². The highest BCUT2D eigenvalue weighted by molar-refractivity contribution is 5.82. The van der Waals surface area contributed by atoms with E-state index in [9.17, 15) is 0 Å². The van der Waals surface area contributed by atoms with E-state index in [0.717, 1.165) is 22.3 Å². The molecule has 0 fully saturated rings. The van der Waals surface area contributed by atoms with E-state index in [4.69, 9.17) is 5.73 Å². The number of hydrogen-bond acceptors (Lipinski definition) is 4. The predicted molar refractivity (Wildman–Crippen MR) is 73.4 cm³/mol. The summed E-state index contributed by atoms with van der Waals surface area (Å²) in [5, 5.41) is 5.16. The van der Waals surface area contributed by atoms with Crippen molar-refractivity contribution < 1.29 is 0 Å². The van der Waals surface area contributed by atoms with Crippen LogP contribution in [0.4, 0.5) is 0 Å². The largest absolute Gasteiger partial charge is 0.324 e. The first-order chi connectivity index (χ1) is 9.25. The fourth-order valence-electron chi connectivity index (χ4n) is 2.26. The molecule has 0 aliphatic rings. The van der Waals surface area contributed by atoms with Gasteiger partial charge in [0.25, 0.3) is 0 Å². The van der Waals surface area contributed by atoms with Crippen LogP contribution in [-0.4, -0.2) is 19.7 Å². The minimum atomic E-state index is -0.115. The number of hydrogen-bond donors (Lipinski definition) is 1. The Balaban J connectivity index is 1.98. The van der Waals surface area contributed by atoms with Gasteiger partial charge in [0, 0.05) is 31.1 Å². The van der Waals surface area contributed by atoms with Crippen molar-refractivity contribution in [2.75, 3.05) is 0 Å². The Morgan fingerprint density at radius 3 is 2.89 bits per heavy atom. The van der Waals surface area contributed by atoms with Gasteiger partial charge >= 0.3 is 0 Å². The fourth-order valence-corrected chi connectivity index (χ4v) is 2.26. The highest BCUT2D eigenvalue weighted by Gasteiger charge is 2.13. The van der Waals surface area contributed by atoms with Crippen molar-refractivity contribution in [1.29, 1.82) is 0 Å². The molecule has 1 aromatic carbocycles. The molecule has 5 nitrogen and oxygen atoms in total. The number of aromatic nitrogens is 4. The predicted octanol–water partition coefficient (Wildman–Crippen LogP) is 1.61. The van der Waals surface area contributed by atoms with Crippen LogP contribution in [0.2, 0.25) is 0 Å². The molecule has 5 heteroatoms. The zero-order valence-corrected chi connectivity index (χ0v) is 10.7. The summed E-state index contributed by atoms with van der Waals surface area (Å²) >= 11 is 0. The molecule has 0 spiro atoms. The van der Waals surface area contributed by atoms with E-state index in [1.165, 1.54) is 0 Å². The third kappa shape index (κ3) is 2.20. The van der Waals surface area contributed by atoms with E-state index < -0.39 is 0 Å². The Bertz CT molecular complexity index is 698. The minimum absolute atomic E-state index is 0.115. The number of aryl methyl sites for hydroxylation is 1. The van der Waals surface area contributed by atoms with Crippen molar-refractivity contribution in [3.8, 4) is 0 Å². The minimum Gasteiger partial charge on any atom is -0.324 e. The van der Waals surface area contributed by atoms with E-state index in [0.29, 0.717) is 6.42 Å². The van der Waals surface area contributed by atoms with Crippen LogP contribution in [0.15, 0.2) is 42.9 Å². The van der Waals surface area contributed by atoms with Crippen LogP contribution in [0.5, 0.6) is 0 Å². The normalized spacial score (nSPS) is 12.7. The molecule has 0 amide bonds. The molecule has 0 saturated heterocycles. The Hall–Kier alpha value is -2.27. The molecule has 0 saturated carbocycles. The summed E-state index contributed by atoms with van der Waals surface area (Å²) in [6.45, 7) is 0. The molecular weight excluding hydrogens is 238 g/mol. The maximum atomic E-state index is 6.31. The third-order valence-corrected chi connectivity index (χ3v) is 3.29. The molecule has 1 unspecified atom stereocenters. The standard InChI is InChI=1S/C14H15N5/c1-19-14(17-9-18-19)8-12(15)10-4-2-6-13-11(10)5-3-7-16-13/h2-7,9,12H,8,15H2,1H3. The average Bonchev–Trinajstić information content (AvgIpc) is 2.83. The lowest BCUT2D eigenvalue weighted by Crippen LogP contribution is -2.16.